The summed E-state index contributed by atoms with van der Waals surface area (Å²) in [5.41, 5.74) is 2.19. The van der Waals surface area contributed by atoms with Gasteiger partial charge in [0.1, 0.15) is 0 Å². The molecule has 0 unspecified atom stereocenters. The van der Waals surface area contributed by atoms with Gasteiger partial charge in [-0.15, -0.1) is 0 Å². The van der Waals surface area contributed by atoms with E-state index in [4.69, 9.17) is 11.6 Å². The normalized spacial score (nSPS) is 19.7. The van der Waals surface area contributed by atoms with Crippen LogP contribution in [0.5, 0.6) is 0 Å². The lowest BCUT2D eigenvalue weighted by molar-refractivity contribution is 0.615. The second-order valence-corrected chi connectivity index (χ2v) is 4.70. The summed E-state index contributed by atoms with van der Waals surface area (Å²) in [6.45, 7) is 1.08. The zero-order valence-corrected chi connectivity index (χ0v) is 10.2. The first-order chi connectivity index (χ1) is 8.36. The molecule has 3 nitrogen and oxygen atoms in total. The SMILES string of the molecule is Clc1ccccc1-n1cncc1[C@@H]1CCCN1. The van der Waals surface area contributed by atoms with Crippen LogP contribution in [0.15, 0.2) is 36.8 Å². The zero-order valence-electron chi connectivity index (χ0n) is 9.44. The number of hydrogen-bond donors (Lipinski definition) is 1. The van der Waals surface area contributed by atoms with E-state index in [0.29, 0.717) is 6.04 Å². The van der Waals surface area contributed by atoms with E-state index in [1.807, 2.05) is 36.8 Å². The van der Waals surface area contributed by atoms with Crippen molar-refractivity contribution in [2.75, 3.05) is 6.54 Å². The van der Waals surface area contributed by atoms with Gasteiger partial charge in [0.2, 0.25) is 0 Å². The Morgan fingerprint density at radius 2 is 2.24 bits per heavy atom. The van der Waals surface area contributed by atoms with Crippen LogP contribution in [0.4, 0.5) is 0 Å². The molecule has 1 aliphatic heterocycles. The second-order valence-electron chi connectivity index (χ2n) is 4.29. The Hall–Kier alpha value is -1.32. The lowest BCUT2D eigenvalue weighted by atomic mass is 10.1. The Labute approximate surface area is 105 Å². The number of nitrogens with zero attached hydrogens (tertiary/aromatic N) is 2. The van der Waals surface area contributed by atoms with Crippen molar-refractivity contribution in [3.05, 3.63) is 47.5 Å². The lowest BCUT2D eigenvalue weighted by Crippen LogP contribution is -2.16. The van der Waals surface area contributed by atoms with E-state index in [0.717, 1.165) is 23.7 Å². The number of para-hydroxylation sites is 1. The van der Waals surface area contributed by atoms with E-state index in [-0.39, 0.29) is 0 Å². The van der Waals surface area contributed by atoms with Gasteiger partial charge < -0.3 is 9.88 Å². The predicted octanol–water partition coefficient (Wildman–Crippen LogP) is 2.95. The molecule has 1 atom stereocenters. The molecule has 0 spiro atoms. The minimum atomic E-state index is 0.397. The molecule has 1 aliphatic rings. The van der Waals surface area contributed by atoms with E-state index in [2.05, 4.69) is 14.9 Å². The number of imidazole rings is 1. The largest absolute Gasteiger partial charge is 0.309 e. The summed E-state index contributed by atoms with van der Waals surface area (Å²) in [6, 6.07) is 8.25. The van der Waals surface area contributed by atoms with Crippen molar-refractivity contribution in [3.8, 4) is 5.69 Å². The summed E-state index contributed by atoms with van der Waals surface area (Å²) < 4.78 is 2.07. The third-order valence-corrected chi connectivity index (χ3v) is 3.52. The molecule has 1 aromatic carbocycles. The van der Waals surface area contributed by atoms with Crippen molar-refractivity contribution < 1.29 is 0 Å². The maximum atomic E-state index is 6.23. The number of aromatic nitrogens is 2. The van der Waals surface area contributed by atoms with Gasteiger partial charge in [0.15, 0.2) is 0 Å². The molecule has 1 fully saturated rings. The number of nitrogens with one attached hydrogen (secondary N) is 1. The molecule has 1 N–H and O–H groups in total. The fourth-order valence-corrected chi connectivity index (χ4v) is 2.58. The van der Waals surface area contributed by atoms with E-state index < -0.39 is 0 Å². The highest BCUT2D eigenvalue weighted by atomic mass is 35.5. The zero-order chi connectivity index (χ0) is 11.7. The van der Waals surface area contributed by atoms with Gasteiger partial charge in [-0.05, 0) is 31.5 Å². The summed E-state index contributed by atoms with van der Waals surface area (Å²) in [6.07, 6.45) is 6.14. The third kappa shape index (κ3) is 1.96. The fraction of sp³-hybridized carbons (Fsp3) is 0.308. The number of hydrogen-bond acceptors (Lipinski definition) is 2. The highest BCUT2D eigenvalue weighted by Gasteiger charge is 2.20. The number of halogens is 1. The summed E-state index contributed by atoms with van der Waals surface area (Å²) in [7, 11) is 0. The van der Waals surface area contributed by atoms with Gasteiger partial charge in [-0.3, -0.25) is 0 Å². The molecule has 4 heteroatoms. The summed E-state index contributed by atoms with van der Waals surface area (Å²) in [4.78, 5) is 4.25. The third-order valence-electron chi connectivity index (χ3n) is 3.20. The van der Waals surface area contributed by atoms with Gasteiger partial charge in [-0.25, -0.2) is 4.98 Å². The second kappa shape index (κ2) is 4.51. The summed E-state index contributed by atoms with van der Waals surface area (Å²) in [5, 5.41) is 4.24. The molecule has 1 saturated heterocycles. The Balaban J connectivity index is 2.04. The molecule has 0 radical (unpaired) electrons. The van der Waals surface area contributed by atoms with Crippen molar-refractivity contribution in [2.45, 2.75) is 18.9 Å². The van der Waals surface area contributed by atoms with E-state index in [1.165, 1.54) is 12.1 Å². The molecule has 88 valence electrons. The average Bonchev–Trinajstić information content (AvgIpc) is 3.00. The molecule has 0 saturated carbocycles. The molecule has 0 amide bonds. The topological polar surface area (TPSA) is 29.9 Å². The van der Waals surface area contributed by atoms with Crippen LogP contribution in [-0.2, 0) is 0 Å². The van der Waals surface area contributed by atoms with Crippen LogP contribution in [0.2, 0.25) is 5.02 Å². The summed E-state index contributed by atoms with van der Waals surface area (Å²) >= 11 is 6.23. The first kappa shape index (κ1) is 10.8. The molecular formula is C13H14ClN3. The van der Waals surface area contributed by atoms with Crippen molar-refractivity contribution in [1.82, 2.24) is 14.9 Å². The van der Waals surface area contributed by atoms with Crippen LogP contribution < -0.4 is 5.32 Å². The first-order valence-corrected chi connectivity index (χ1v) is 6.24. The average molecular weight is 248 g/mol. The quantitative estimate of drug-likeness (QED) is 0.884. The molecule has 1 aromatic heterocycles. The van der Waals surface area contributed by atoms with Crippen LogP contribution in [0.25, 0.3) is 5.69 Å². The van der Waals surface area contributed by atoms with Gasteiger partial charge in [-0.1, -0.05) is 23.7 Å². The Morgan fingerprint density at radius 3 is 3.00 bits per heavy atom. The van der Waals surface area contributed by atoms with Gasteiger partial charge >= 0.3 is 0 Å². The van der Waals surface area contributed by atoms with Crippen molar-refractivity contribution in [1.29, 1.82) is 0 Å². The first-order valence-electron chi connectivity index (χ1n) is 5.87. The molecule has 2 heterocycles. The minimum Gasteiger partial charge on any atom is -0.309 e. The fourth-order valence-electron chi connectivity index (χ4n) is 2.35. The molecule has 0 bridgehead atoms. The standard InChI is InChI=1S/C13H14ClN3/c14-10-4-1-2-6-12(10)17-9-15-8-13(17)11-5-3-7-16-11/h1-2,4,6,8-9,11,16H,3,5,7H2/t11-/m0/s1. The van der Waals surface area contributed by atoms with E-state index >= 15 is 0 Å². The maximum absolute atomic E-state index is 6.23. The lowest BCUT2D eigenvalue weighted by Gasteiger charge is -2.14. The molecule has 3 rings (SSSR count). The monoisotopic (exact) mass is 247 g/mol. The van der Waals surface area contributed by atoms with Crippen LogP contribution in [0.1, 0.15) is 24.6 Å². The van der Waals surface area contributed by atoms with Crippen LogP contribution in [0, 0.1) is 0 Å². The highest BCUT2D eigenvalue weighted by molar-refractivity contribution is 6.32. The number of rotatable bonds is 2. The minimum absolute atomic E-state index is 0.397. The molecule has 2 aromatic rings. The highest BCUT2D eigenvalue weighted by Crippen LogP contribution is 2.27. The Kier molecular flexibility index (Phi) is 2.87. The molecular weight excluding hydrogens is 234 g/mol. The maximum Gasteiger partial charge on any atom is 0.0995 e. The van der Waals surface area contributed by atoms with Gasteiger partial charge in [0.05, 0.1) is 28.9 Å². The van der Waals surface area contributed by atoms with Crippen LogP contribution in [0.3, 0.4) is 0 Å². The van der Waals surface area contributed by atoms with Crippen LogP contribution in [-0.4, -0.2) is 16.1 Å². The van der Waals surface area contributed by atoms with E-state index in [9.17, 15) is 0 Å². The smallest absolute Gasteiger partial charge is 0.0995 e. The van der Waals surface area contributed by atoms with Crippen molar-refractivity contribution in [3.63, 3.8) is 0 Å². The predicted molar refractivity (Wildman–Crippen MR) is 68.6 cm³/mol. The summed E-state index contributed by atoms with van der Waals surface area (Å²) in [5.74, 6) is 0. The molecule has 17 heavy (non-hydrogen) atoms. The van der Waals surface area contributed by atoms with E-state index in [1.54, 1.807) is 0 Å². The van der Waals surface area contributed by atoms with Gasteiger partial charge in [0.25, 0.3) is 0 Å². The number of benzene rings is 1. The van der Waals surface area contributed by atoms with Gasteiger partial charge in [-0.2, -0.15) is 0 Å². The van der Waals surface area contributed by atoms with Gasteiger partial charge in [0, 0.05) is 6.04 Å². The van der Waals surface area contributed by atoms with Crippen LogP contribution >= 0.6 is 11.6 Å². The Morgan fingerprint density at radius 1 is 1.35 bits per heavy atom. The van der Waals surface area contributed by atoms with Crippen molar-refractivity contribution in [2.24, 2.45) is 0 Å². The van der Waals surface area contributed by atoms with Crippen molar-refractivity contribution >= 4 is 11.6 Å². The Bertz CT molecular complexity index is 515. The molecule has 0 aliphatic carbocycles.